The predicted octanol–water partition coefficient (Wildman–Crippen LogP) is 15.0. The van der Waals surface area contributed by atoms with Crippen molar-refractivity contribution in [3.63, 3.8) is 0 Å². The van der Waals surface area contributed by atoms with Gasteiger partial charge in [-0.25, -0.2) is 0 Å². The van der Waals surface area contributed by atoms with E-state index in [0.29, 0.717) is 0 Å². The van der Waals surface area contributed by atoms with Gasteiger partial charge in [0.2, 0.25) is 0 Å². The number of furan rings is 2. The molecule has 0 saturated heterocycles. The van der Waals surface area contributed by atoms with Crippen molar-refractivity contribution in [1.29, 1.82) is 0 Å². The van der Waals surface area contributed by atoms with Crippen LogP contribution in [0.2, 0.25) is 0 Å². The predicted molar refractivity (Wildman–Crippen MR) is 238 cm³/mol. The van der Waals surface area contributed by atoms with E-state index >= 15 is 0 Å². The fourth-order valence-electron chi connectivity index (χ4n) is 9.73. The minimum Gasteiger partial charge on any atom is -0.456 e. The molecule has 0 atom stereocenters. The minimum absolute atomic E-state index is 0.625. The van der Waals surface area contributed by atoms with Gasteiger partial charge in [-0.15, -0.1) is 0 Å². The fourth-order valence-corrected chi connectivity index (χ4v) is 9.73. The minimum atomic E-state index is -0.625. The van der Waals surface area contributed by atoms with Gasteiger partial charge in [0.15, 0.2) is 0 Å². The molecule has 58 heavy (non-hydrogen) atoms. The summed E-state index contributed by atoms with van der Waals surface area (Å²) in [6, 6.07) is 76.3. The van der Waals surface area contributed by atoms with Crippen molar-refractivity contribution in [1.82, 2.24) is 0 Å². The highest BCUT2D eigenvalue weighted by atomic mass is 16.3. The van der Waals surface area contributed by atoms with E-state index in [1.54, 1.807) is 0 Å². The number of anilines is 3. The standard InChI is InChI=1S/C55H35NO2/c1-3-16-36(17-4-1)37-30-33-51-44(34-37)54-49(27-15-29-52(54)57-51)56(39-31-32-43-42-22-9-14-28-50(42)58-53(43)35-39)48-26-13-12-25-47(48)55(38-18-5-2-6-19-38)45-23-10-7-20-40(45)41-21-8-11-24-46(41)55/h1-35H. The van der Waals surface area contributed by atoms with Crippen LogP contribution in [-0.2, 0) is 5.41 Å². The average molecular weight is 742 g/mol. The molecule has 2 aromatic heterocycles. The van der Waals surface area contributed by atoms with Gasteiger partial charge < -0.3 is 13.7 Å². The van der Waals surface area contributed by atoms with Crippen LogP contribution in [0.4, 0.5) is 17.1 Å². The molecule has 1 aliphatic rings. The molecule has 0 aliphatic heterocycles. The Morgan fingerprint density at radius 2 is 0.931 bits per heavy atom. The molecule has 0 spiro atoms. The lowest BCUT2D eigenvalue weighted by Crippen LogP contribution is -2.30. The second kappa shape index (κ2) is 12.7. The lowest BCUT2D eigenvalue weighted by atomic mass is 9.67. The van der Waals surface area contributed by atoms with Gasteiger partial charge >= 0.3 is 0 Å². The van der Waals surface area contributed by atoms with Crippen LogP contribution >= 0.6 is 0 Å². The van der Waals surface area contributed by atoms with Gasteiger partial charge in [0, 0.05) is 27.9 Å². The molecule has 0 unspecified atom stereocenters. The van der Waals surface area contributed by atoms with Gasteiger partial charge in [-0.05, 0) is 93.0 Å². The molecule has 0 bridgehead atoms. The molecule has 3 nitrogen and oxygen atoms in total. The topological polar surface area (TPSA) is 29.5 Å². The zero-order valence-corrected chi connectivity index (χ0v) is 31.5. The Morgan fingerprint density at radius 1 is 0.345 bits per heavy atom. The Bertz CT molecular complexity index is 3310. The number of fused-ring (bicyclic) bond motifs is 9. The highest BCUT2D eigenvalue weighted by Crippen LogP contribution is 2.59. The van der Waals surface area contributed by atoms with Gasteiger partial charge in [0.05, 0.1) is 22.2 Å². The lowest BCUT2D eigenvalue weighted by Gasteiger charge is -2.38. The zero-order valence-electron chi connectivity index (χ0n) is 31.5. The third-order valence-electron chi connectivity index (χ3n) is 12.1. The van der Waals surface area contributed by atoms with Crippen LogP contribution in [0.1, 0.15) is 22.3 Å². The Labute approximate surface area is 335 Å². The Morgan fingerprint density at radius 3 is 1.72 bits per heavy atom. The van der Waals surface area contributed by atoms with Crippen molar-refractivity contribution < 1.29 is 8.83 Å². The molecular formula is C55H35NO2. The number of hydrogen-bond donors (Lipinski definition) is 0. The van der Waals surface area contributed by atoms with E-state index < -0.39 is 5.41 Å². The molecular weight excluding hydrogens is 707 g/mol. The van der Waals surface area contributed by atoms with Gasteiger partial charge in [-0.3, -0.25) is 0 Å². The Hall–Kier alpha value is -7.62. The zero-order chi connectivity index (χ0) is 38.2. The van der Waals surface area contributed by atoms with E-state index in [-0.39, 0.29) is 0 Å². The summed E-state index contributed by atoms with van der Waals surface area (Å²) in [6.07, 6.45) is 0. The van der Waals surface area contributed by atoms with E-state index in [2.05, 4.69) is 205 Å². The molecule has 0 radical (unpaired) electrons. The lowest BCUT2D eigenvalue weighted by molar-refractivity contribution is 0.669. The maximum absolute atomic E-state index is 6.68. The summed E-state index contributed by atoms with van der Waals surface area (Å²) in [5, 5.41) is 4.31. The summed E-state index contributed by atoms with van der Waals surface area (Å²) in [5.41, 5.74) is 15.6. The monoisotopic (exact) mass is 741 g/mol. The number of rotatable bonds is 6. The number of hydrogen-bond acceptors (Lipinski definition) is 3. The SMILES string of the molecule is c1ccc(-c2ccc3oc4cccc(N(c5ccc6c(c5)oc5ccccc56)c5ccccc5C5(c6ccccc6)c6ccccc6-c6ccccc65)c4c3c2)cc1. The first-order chi connectivity index (χ1) is 28.8. The third kappa shape index (κ3) is 4.68. The highest BCUT2D eigenvalue weighted by Gasteiger charge is 2.47. The van der Waals surface area contributed by atoms with Crippen molar-refractivity contribution in [3.8, 4) is 22.3 Å². The molecule has 0 amide bonds. The maximum Gasteiger partial charge on any atom is 0.137 e. The Balaban J connectivity index is 1.20. The van der Waals surface area contributed by atoms with Crippen molar-refractivity contribution in [2.45, 2.75) is 5.41 Å². The first-order valence-electron chi connectivity index (χ1n) is 19.8. The molecule has 272 valence electrons. The molecule has 3 heteroatoms. The quantitative estimate of drug-likeness (QED) is 0.170. The first kappa shape index (κ1) is 32.6. The van der Waals surface area contributed by atoms with E-state index in [9.17, 15) is 0 Å². The van der Waals surface area contributed by atoms with Crippen LogP contribution in [0.15, 0.2) is 221 Å². The van der Waals surface area contributed by atoms with Crippen molar-refractivity contribution in [2.75, 3.05) is 4.90 Å². The normalized spacial score (nSPS) is 13.0. The van der Waals surface area contributed by atoms with E-state index in [0.717, 1.165) is 72.1 Å². The smallest absolute Gasteiger partial charge is 0.137 e. The largest absolute Gasteiger partial charge is 0.456 e. The van der Waals surface area contributed by atoms with Crippen molar-refractivity contribution >= 4 is 60.9 Å². The number of nitrogens with zero attached hydrogens (tertiary/aromatic N) is 1. The molecule has 1 aliphatic carbocycles. The molecule has 0 N–H and O–H groups in total. The molecule has 11 aromatic rings. The van der Waals surface area contributed by atoms with Gasteiger partial charge in [0.1, 0.15) is 22.3 Å². The number of benzene rings is 9. The Kier molecular flexibility index (Phi) is 7.14. The second-order valence-corrected chi connectivity index (χ2v) is 15.2. The van der Waals surface area contributed by atoms with Crippen LogP contribution in [0, 0.1) is 0 Å². The molecule has 0 fully saturated rings. The maximum atomic E-state index is 6.68. The van der Waals surface area contributed by atoms with Gasteiger partial charge in [-0.2, -0.15) is 0 Å². The van der Waals surface area contributed by atoms with Crippen LogP contribution in [-0.4, -0.2) is 0 Å². The van der Waals surface area contributed by atoms with E-state index in [1.165, 1.54) is 33.4 Å². The summed E-state index contributed by atoms with van der Waals surface area (Å²) in [5.74, 6) is 0. The molecule has 2 heterocycles. The highest BCUT2D eigenvalue weighted by molar-refractivity contribution is 6.15. The average Bonchev–Trinajstić information content (AvgIpc) is 3.95. The van der Waals surface area contributed by atoms with Crippen LogP contribution < -0.4 is 4.90 Å². The third-order valence-corrected chi connectivity index (χ3v) is 12.1. The van der Waals surface area contributed by atoms with E-state index in [1.807, 2.05) is 12.1 Å². The summed E-state index contributed by atoms with van der Waals surface area (Å²) >= 11 is 0. The van der Waals surface area contributed by atoms with E-state index in [4.69, 9.17) is 8.83 Å². The van der Waals surface area contributed by atoms with Crippen molar-refractivity contribution in [3.05, 3.63) is 235 Å². The molecule has 0 saturated carbocycles. The van der Waals surface area contributed by atoms with Crippen LogP contribution in [0.25, 0.3) is 66.1 Å². The van der Waals surface area contributed by atoms with Crippen LogP contribution in [0.5, 0.6) is 0 Å². The molecule has 12 rings (SSSR count). The summed E-state index contributed by atoms with van der Waals surface area (Å²) in [6.45, 7) is 0. The number of para-hydroxylation sites is 2. The first-order valence-corrected chi connectivity index (χ1v) is 19.8. The van der Waals surface area contributed by atoms with Gasteiger partial charge in [-0.1, -0.05) is 158 Å². The van der Waals surface area contributed by atoms with Gasteiger partial charge in [0.25, 0.3) is 0 Å². The van der Waals surface area contributed by atoms with Crippen LogP contribution in [0.3, 0.4) is 0 Å². The summed E-state index contributed by atoms with van der Waals surface area (Å²) in [4.78, 5) is 2.43. The fraction of sp³-hybridized carbons (Fsp3) is 0.0182. The second-order valence-electron chi connectivity index (χ2n) is 15.2. The van der Waals surface area contributed by atoms with Crippen molar-refractivity contribution in [2.24, 2.45) is 0 Å². The summed E-state index contributed by atoms with van der Waals surface area (Å²) < 4.78 is 13.3. The summed E-state index contributed by atoms with van der Waals surface area (Å²) in [7, 11) is 0. The molecule has 9 aromatic carbocycles.